The van der Waals surface area contributed by atoms with Gasteiger partial charge in [-0.1, -0.05) is 36.4 Å². The number of carboxylic acid groups (broad SMARTS) is 1. The molecule has 202 valence electrons. The predicted octanol–water partition coefficient (Wildman–Crippen LogP) is 0.298. The van der Waals surface area contributed by atoms with Gasteiger partial charge in [0.2, 0.25) is 0 Å². The third-order valence-electron chi connectivity index (χ3n) is 5.20. The van der Waals surface area contributed by atoms with Crippen LogP contribution < -0.4 is 15.4 Å². The van der Waals surface area contributed by atoms with Gasteiger partial charge in [-0.15, -0.1) is 0 Å². The summed E-state index contributed by atoms with van der Waals surface area (Å²) in [4.78, 5) is 33.1. The van der Waals surface area contributed by atoms with Gasteiger partial charge in [-0.05, 0) is 37.1 Å². The summed E-state index contributed by atoms with van der Waals surface area (Å²) in [5, 5.41) is 54.6. The van der Waals surface area contributed by atoms with Gasteiger partial charge in [0.05, 0.1) is 12.7 Å². The molecule has 0 aliphatic carbocycles. The highest BCUT2D eigenvalue weighted by atomic mass is 16.6. The molecule has 6 N–H and O–H groups in total. The second-order valence-electron chi connectivity index (χ2n) is 8.56. The minimum absolute atomic E-state index is 0.130. The van der Waals surface area contributed by atoms with Crippen molar-refractivity contribution >= 4 is 11.9 Å². The van der Waals surface area contributed by atoms with Crippen LogP contribution in [0.25, 0.3) is 0 Å². The summed E-state index contributed by atoms with van der Waals surface area (Å²) in [5.74, 6) is -2.51. The van der Waals surface area contributed by atoms with Crippen molar-refractivity contribution in [2.45, 2.75) is 51.1 Å². The van der Waals surface area contributed by atoms with E-state index in [1.165, 1.54) is 13.8 Å². The van der Waals surface area contributed by atoms with Gasteiger partial charge in [0, 0.05) is 17.0 Å². The third-order valence-corrected chi connectivity index (χ3v) is 5.20. The molecule has 0 saturated heterocycles. The number of aliphatic hydroxyl groups excluding tert-OH is 3. The summed E-state index contributed by atoms with van der Waals surface area (Å²) in [6.45, 7) is 1.68. The molecule has 0 aromatic heterocycles. The molecule has 0 aliphatic rings. The van der Waals surface area contributed by atoms with Gasteiger partial charge in [-0.25, -0.2) is 4.79 Å². The van der Waals surface area contributed by atoms with Crippen molar-refractivity contribution in [2.75, 3.05) is 13.2 Å². The zero-order valence-corrected chi connectivity index (χ0v) is 20.4. The lowest BCUT2D eigenvalue weighted by Gasteiger charge is -2.33. The van der Waals surface area contributed by atoms with Gasteiger partial charge < -0.3 is 29.9 Å². The van der Waals surface area contributed by atoms with Crippen LogP contribution in [0.4, 0.5) is 0 Å². The molecule has 13 nitrogen and oxygen atoms in total. The molecule has 0 spiro atoms. The van der Waals surface area contributed by atoms with Crippen LogP contribution >= 0.6 is 0 Å². The van der Waals surface area contributed by atoms with Crippen molar-refractivity contribution in [1.29, 1.82) is 0 Å². The number of nitro groups is 1. The summed E-state index contributed by atoms with van der Waals surface area (Å²) in [6, 6.07) is 14.3. The summed E-state index contributed by atoms with van der Waals surface area (Å²) in [7, 11) is 0. The van der Waals surface area contributed by atoms with Crippen LogP contribution in [0.1, 0.15) is 36.6 Å². The highest BCUT2D eigenvalue weighted by Gasteiger charge is 2.38. The van der Waals surface area contributed by atoms with E-state index in [2.05, 4.69) is 5.32 Å². The number of hydrogen-bond acceptors (Lipinski definition) is 10. The monoisotopic (exact) mass is 521 g/mol. The molecule has 2 rings (SSSR count). The first-order valence-corrected chi connectivity index (χ1v) is 11.2. The smallest absolute Gasteiger partial charge is 0.335 e. The molecule has 2 unspecified atom stereocenters. The lowest BCUT2D eigenvalue weighted by molar-refractivity contribution is -0.483. The Morgan fingerprint density at radius 2 is 1.81 bits per heavy atom. The van der Waals surface area contributed by atoms with Crippen LogP contribution in [0.2, 0.25) is 0 Å². The van der Waals surface area contributed by atoms with E-state index in [1.54, 1.807) is 18.2 Å². The Morgan fingerprint density at radius 3 is 2.41 bits per heavy atom. The highest BCUT2D eigenvalue weighted by molar-refractivity contribution is 5.87. The van der Waals surface area contributed by atoms with E-state index in [4.69, 9.17) is 14.6 Å². The fraction of sp³-hybridized carbons (Fsp3) is 0.417. The quantitative estimate of drug-likeness (QED) is 0.107. The number of carbonyl (C=O) groups is 2. The number of hydrogen-bond donors (Lipinski definition) is 6. The first kappa shape index (κ1) is 29.6. The zero-order valence-electron chi connectivity index (χ0n) is 20.4. The minimum Gasteiger partial charge on any atom is -0.489 e. The topological polar surface area (TPSA) is 201 Å². The number of amides is 1. The maximum Gasteiger partial charge on any atom is 0.335 e. The molecule has 13 heteroatoms. The van der Waals surface area contributed by atoms with E-state index in [0.29, 0.717) is 23.5 Å². The van der Waals surface area contributed by atoms with Gasteiger partial charge in [-0.3, -0.25) is 25.5 Å². The van der Waals surface area contributed by atoms with Crippen LogP contribution in [0.3, 0.4) is 0 Å². The fourth-order valence-corrected chi connectivity index (χ4v) is 3.26. The number of aliphatic carboxylic acids is 1. The molecule has 0 saturated carbocycles. The highest BCUT2D eigenvalue weighted by Crippen LogP contribution is 2.25. The molecular formula is C24H31N3O10. The molecule has 37 heavy (non-hydrogen) atoms. The lowest BCUT2D eigenvalue weighted by atomic mass is 10.0. The van der Waals surface area contributed by atoms with Crippen molar-refractivity contribution in [3.63, 3.8) is 0 Å². The SMILES string of the molecule is CC(C)(NC[C@@H](O)c1ccc(OCc2ccccc2)c(CO)c1)OC(C(=O)NC[N+](=O)[O-])C(O)C(=O)O. The van der Waals surface area contributed by atoms with Crippen LogP contribution in [-0.4, -0.2) is 68.4 Å². The van der Waals surface area contributed by atoms with Gasteiger partial charge in [0.25, 0.3) is 12.6 Å². The van der Waals surface area contributed by atoms with E-state index in [-0.39, 0.29) is 13.2 Å². The number of rotatable bonds is 15. The minimum atomic E-state index is -2.30. The van der Waals surface area contributed by atoms with Crippen molar-refractivity contribution in [1.82, 2.24) is 10.6 Å². The Morgan fingerprint density at radius 1 is 1.14 bits per heavy atom. The summed E-state index contributed by atoms with van der Waals surface area (Å²) in [6.07, 6.45) is -5.38. The maximum absolute atomic E-state index is 12.2. The molecule has 2 aromatic rings. The second kappa shape index (κ2) is 13.6. The molecule has 0 fully saturated rings. The van der Waals surface area contributed by atoms with Crippen molar-refractivity contribution in [3.05, 3.63) is 75.3 Å². The molecule has 1 amide bonds. The number of benzene rings is 2. The molecule has 0 bridgehead atoms. The molecular weight excluding hydrogens is 490 g/mol. The molecule has 2 aromatic carbocycles. The van der Waals surface area contributed by atoms with Crippen LogP contribution in [-0.2, 0) is 27.5 Å². The first-order chi connectivity index (χ1) is 17.4. The normalized spacial score (nSPS) is 13.9. The van der Waals surface area contributed by atoms with E-state index >= 15 is 0 Å². The van der Waals surface area contributed by atoms with E-state index in [9.17, 15) is 35.0 Å². The molecule has 3 atom stereocenters. The van der Waals surface area contributed by atoms with E-state index < -0.39 is 47.5 Å². The van der Waals surface area contributed by atoms with Crippen molar-refractivity contribution in [2.24, 2.45) is 0 Å². The number of carboxylic acids is 1. The fourth-order valence-electron chi connectivity index (χ4n) is 3.26. The third kappa shape index (κ3) is 9.40. The Hall–Kier alpha value is -3.62. The number of carbonyl (C=O) groups excluding carboxylic acids is 1. The molecule has 0 aliphatic heterocycles. The molecule has 0 heterocycles. The summed E-state index contributed by atoms with van der Waals surface area (Å²) in [5.41, 5.74) is 0.382. The Bertz CT molecular complexity index is 1060. The Labute approximate surface area is 212 Å². The summed E-state index contributed by atoms with van der Waals surface area (Å²) < 4.78 is 11.2. The number of aliphatic hydroxyl groups is 3. The second-order valence-corrected chi connectivity index (χ2v) is 8.56. The van der Waals surface area contributed by atoms with Crippen LogP contribution in [0.15, 0.2) is 48.5 Å². The largest absolute Gasteiger partial charge is 0.489 e. The molecule has 0 radical (unpaired) electrons. The van der Waals surface area contributed by atoms with Gasteiger partial charge >= 0.3 is 5.97 Å². The standard InChI is InChI=1S/C24H31N3O10/c1-24(2,37-21(20(30)23(32)33)22(31)25-14-27(34)35)26-11-18(29)16-8-9-19(17(10-16)12-28)36-13-15-6-4-3-5-7-15/h3-10,18,20-21,26,28-30H,11-14H2,1-2H3,(H,25,31)(H,32,33)/t18-,20?,21?/m1/s1. The van der Waals surface area contributed by atoms with Gasteiger partial charge in [0.1, 0.15) is 18.1 Å². The van der Waals surface area contributed by atoms with Gasteiger partial charge in [-0.2, -0.15) is 0 Å². The average molecular weight is 522 g/mol. The number of nitrogens with one attached hydrogen (secondary N) is 2. The summed E-state index contributed by atoms with van der Waals surface area (Å²) >= 11 is 0. The number of ether oxygens (including phenoxy) is 2. The van der Waals surface area contributed by atoms with Crippen LogP contribution in [0, 0.1) is 10.1 Å². The Balaban J connectivity index is 2.03. The van der Waals surface area contributed by atoms with Crippen molar-refractivity contribution < 1.29 is 44.4 Å². The Kier molecular flexibility index (Phi) is 10.9. The number of nitrogens with zero attached hydrogens (tertiary/aromatic N) is 1. The predicted molar refractivity (Wildman–Crippen MR) is 129 cm³/mol. The average Bonchev–Trinajstić information content (AvgIpc) is 2.87. The lowest BCUT2D eigenvalue weighted by Crippen LogP contribution is -2.55. The van der Waals surface area contributed by atoms with Gasteiger partial charge in [0.15, 0.2) is 12.2 Å². The maximum atomic E-state index is 12.2. The van der Waals surface area contributed by atoms with Crippen LogP contribution in [0.5, 0.6) is 5.75 Å². The van der Waals surface area contributed by atoms with Crippen molar-refractivity contribution in [3.8, 4) is 5.75 Å². The first-order valence-electron chi connectivity index (χ1n) is 11.2. The van der Waals surface area contributed by atoms with E-state index in [0.717, 1.165) is 5.56 Å². The van der Waals surface area contributed by atoms with E-state index in [1.807, 2.05) is 35.6 Å². The zero-order chi connectivity index (χ0) is 27.6.